The highest BCUT2D eigenvalue weighted by molar-refractivity contribution is 5.99. The summed E-state index contributed by atoms with van der Waals surface area (Å²) in [7, 11) is 0. The minimum atomic E-state index is -0.315. The summed E-state index contributed by atoms with van der Waals surface area (Å²) in [6.07, 6.45) is 2.22. The lowest BCUT2D eigenvalue weighted by Crippen LogP contribution is -2.05. The van der Waals surface area contributed by atoms with Crippen molar-refractivity contribution in [1.29, 1.82) is 0 Å². The van der Waals surface area contributed by atoms with E-state index in [4.69, 9.17) is 4.74 Å². The van der Waals surface area contributed by atoms with Crippen molar-refractivity contribution in [3.8, 4) is 0 Å². The van der Waals surface area contributed by atoms with E-state index in [-0.39, 0.29) is 5.97 Å². The maximum Gasteiger partial charge on any atom is 0.338 e. The number of ether oxygens (including phenoxy) is 1. The van der Waals surface area contributed by atoms with Gasteiger partial charge in [0.25, 0.3) is 0 Å². The molecule has 1 heterocycles. The van der Waals surface area contributed by atoms with E-state index in [2.05, 4.69) is 41.5 Å². The Hall–Kier alpha value is -2.88. The van der Waals surface area contributed by atoms with Gasteiger partial charge in [-0.15, -0.1) is 0 Å². The number of hydrogen-bond donors (Lipinski definition) is 1. The number of hydrogen-bond acceptors (Lipinski definition) is 4. The van der Waals surface area contributed by atoms with Crippen molar-refractivity contribution in [2.75, 3.05) is 11.9 Å². The second-order valence-electron chi connectivity index (χ2n) is 6.34. The summed E-state index contributed by atoms with van der Waals surface area (Å²) in [5, 5.41) is 4.36. The van der Waals surface area contributed by atoms with Gasteiger partial charge in [0.2, 0.25) is 0 Å². The Morgan fingerprint density at radius 1 is 1.08 bits per heavy atom. The van der Waals surface area contributed by atoms with E-state index in [0.717, 1.165) is 40.8 Å². The van der Waals surface area contributed by atoms with Gasteiger partial charge in [0.05, 0.1) is 17.7 Å². The second kappa shape index (κ2) is 8.00. The Labute approximate surface area is 154 Å². The standard InChI is InChI=1S/C22H24N2O2/c1-4-6-16-7-10-18(11-8-16)24-21-13-15(3)23-20-12-9-17(14-19(20)21)22(25)26-5-2/h7-14H,4-6H2,1-3H3,(H,23,24). The van der Waals surface area contributed by atoms with Crippen molar-refractivity contribution in [3.63, 3.8) is 0 Å². The molecule has 134 valence electrons. The van der Waals surface area contributed by atoms with Gasteiger partial charge in [0, 0.05) is 22.5 Å². The maximum atomic E-state index is 12.1. The first kappa shape index (κ1) is 17.9. The van der Waals surface area contributed by atoms with Crippen LogP contribution in [0.5, 0.6) is 0 Å². The molecule has 3 aromatic rings. The number of benzene rings is 2. The van der Waals surface area contributed by atoms with E-state index in [1.165, 1.54) is 5.56 Å². The third-order valence-corrected chi connectivity index (χ3v) is 4.22. The Morgan fingerprint density at radius 2 is 1.85 bits per heavy atom. The van der Waals surface area contributed by atoms with E-state index in [9.17, 15) is 4.79 Å². The molecule has 0 aliphatic carbocycles. The Morgan fingerprint density at radius 3 is 2.54 bits per heavy atom. The van der Waals surface area contributed by atoms with Crippen LogP contribution in [0.15, 0.2) is 48.5 Å². The highest BCUT2D eigenvalue weighted by Gasteiger charge is 2.11. The number of pyridine rings is 1. The maximum absolute atomic E-state index is 12.1. The molecule has 0 radical (unpaired) electrons. The minimum absolute atomic E-state index is 0.315. The molecule has 3 rings (SSSR count). The molecule has 2 aromatic carbocycles. The summed E-state index contributed by atoms with van der Waals surface area (Å²) in [6.45, 7) is 6.31. The largest absolute Gasteiger partial charge is 0.462 e. The lowest BCUT2D eigenvalue weighted by atomic mass is 10.1. The van der Waals surface area contributed by atoms with Crippen molar-refractivity contribution in [2.45, 2.75) is 33.6 Å². The number of carbonyl (C=O) groups is 1. The average Bonchev–Trinajstić information content (AvgIpc) is 2.63. The van der Waals surface area contributed by atoms with Crippen LogP contribution in [0.2, 0.25) is 0 Å². The first-order chi connectivity index (χ1) is 12.6. The van der Waals surface area contributed by atoms with Crippen molar-refractivity contribution < 1.29 is 9.53 Å². The number of rotatable bonds is 6. The van der Waals surface area contributed by atoms with Crippen LogP contribution in [0, 0.1) is 6.92 Å². The van der Waals surface area contributed by atoms with Gasteiger partial charge in [0.1, 0.15) is 0 Å². The van der Waals surface area contributed by atoms with Crippen molar-refractivity contribution in [1.82, 2.24) is 4.98 Å². The summed E-state index contributed by atoms with van der Waals surface area (Å²) >= 11 is 0. The number of esters is 1. The molecule has 0 saturated heterocycles. The molecule has 4 heteroatoms. The van der Waals surface area contributed by atoms with Crippen LogP contribution in [-0.4, -0.2) is 17.6 Å². The molecule has 1 aromatic heterocycles. The zero-order chi connectivity index (χ0) is 18.5. The molecule has 0 amide bonds. The van der Waals surface area contributed by atoms with Gasteiger partial charge in [-0.1, -0.05) is 25.5 Å². The molecule has 26 heavy (non-hydrogen) atoms. The third kappa shape index (κ3) is 4.02. The molecule has 0 spiro atoms. The monoisotopic (exact) mass is 348 g/mol. The fraction of sp³-hybridized carbons (Fsp3) is 0.273. The number of anilines is 2. The lowest BCUT2D eigenvalue weighted by Gasteiger charge is -2.12. The van der Waals surface area contributed by atoms with Gasteiger partial charge in [-0.2, -0.15) is 0 Å². The topological polar surface area (TPSA) is 51.2 Å². The van der Waals surface area contributed by atoms with Crippen molar-refractivity contribution in [2.24, 2.45) is 0 Å². The fourth-order valence-electron chi connectivity index (χ4n) is 3.00. The quantitative estimate of drug-likeness (QED) is 0.605. The third-order valence-electron chi connectivity index (χ3n) is 4.22. The molecule has 1 N–H and O–H groups in total. The van der Waals surface area contributed by atoms with Crippen LogP contribution in [-0.2, 0) is 11.2 Å². The van der Waals surface area contributed by atoms with Gasteiger partial charge in [-0.05, 0) is 62.2 Å². The summed E-state index contributed by atoms with van der Waals surface area (Å²) in [4.78, 5) is 16.6. The first-order valence-corrected chi connectivity index (χ1v) is 9.05. The number of nitrogens with zero attached hydrogens (tertiary/aromatic N) is 1. The molecule has 4 nitrogen and oxygen atoms in total. The van der Waals surface area contributed by atoms with Gasteiger partial charge in [-0.25, -0.2) is 4.79 Å². The second-order valence-corrected chi connectivity index (χ2v) is 6.34. The number of fused-ring (bicyclic) bond motifs is 1. The lowest BCUT2D eigenvalue weighted by molar-refractivity contribution is 0.0526. The molecule has 0 bridgehead atoms. The fourth-order valence-corrected chi connectivity index (χ4v) is 3.00. The highest BCUT2D eigenvalue weighted by Crippen LogP contribution is 2.28. The van der Waals surface area contributed by atoms with E-state index >= 15 is 0 Å². The van der Waals surface area contributed by atoms with Crippen molar-refractivity contribution in [3.05, 3.63) is 65.4 Å². The van der Waals surface area contributed by atoms with Crippen LogP contribution in [0.25, 0.3) is 10.9 Å². The SMILES string of the molecule is CCCc1ccc(Nc2cc(C)nc3ccc(C(=O)OCC)cc23)cc1. The molecular weight excluding hydrogens is 324 g/mol. The van der Waals surface area contributed by atoms with E-state index < -0.39 is 0 Å². The summed E-state index contributed by atoms with van der Waals surface area (Å²) in [6, 6.07) is 15.9. The van der Waals surface area contributed by atoms with Gasteiger partial charge < -0.3 is 10.1 Å². The average molecular weight is 348 g/mol. The normalized spacial score (nSPS) is 10.7. The van der Waals surface area contributed by atoms with E-state index in [1.54, 1.807) is 13.0 Å². The molecule has 0 aliphatic rings. The van der Waals surface area contributed by atoms with Crippen LogP contribution in [0.1, 0.15) is 41.9 Å². The molecular formula is C22H24N2O2. The van der Waals surface area contributed by atoms with Gasteiger partial charge in [-0.3, -0.25) is 4.98 Å². The number of carbonyl (C=O) groups excluding carboxylic acids is 1. The predicted molar refractivity (Wildman–Crippen MR) is 106 cm³/mol. The van der Waals surface area contributed by atoms with E-state index in [0.29, 0.717) is 12.2 Å². The Kier molecular flexibility index (Phi) is 5.52. The number of aryl methyl sites for hydroxylation is 2. The molecule has 0 atom stereocenters. The van der Waals surface area contributed by atoms with Crippen LogP contribution in [0.4, 0.5) is 11.4 Å². The van der Waals surface area contributed by atoms with Gasteiger partial charge in [0.15, 0.2) is 0 Å². The summed E-state index contributed by atoms with van der Waals surface area (Å²) < 4.78 is 5.12. The van der Waals surface area contributed by atoms with Crippen LogP contribution < -0.4 is 5.32 Å². The van der Waals surface area contributed by atoms with E-state index in [1.807, 2.05) is 25.1 Å². The van der Waals surface area contributed by atoms with Crippen LogP contribution in [0.3, 0.4) is 0 Å². The molecule has 0 fully saturated rings. The smallest absolute Gasteiger partial charge is 0.338 e. The highest BCUT2D eigenvalue weighted by atomic mass is 16.5. The Balaban J connectivity index is 1.97. The minimum Gasteiger partial charge on any atom is -0.462 e. The van der Waals surface area contributed by atoms with Crippen LogP contribution >= 0.6 is 0 Å². The number of nitrogens with one attached hydrogen (secondary N) is 1. The zero-order valence-corrected chi connectivity index (χ0v) is 15.5. The number of aromatic nitrogens is 1. The van der Waals surface area contributed by atoms with Crippen molar-refractivity contribution >= 4 is 28.2 Å². The Bertz CT molecular complexity index is 917. The van der Waals surface area contributed by atoms with Gasteiger partial charge >= 0.3 is 5.97 Å². The first-order valence-electron chi connectivity index (χ1n) is 9.05. The molecule has 0 saturated carbocycles. The molecule has 0 unspecified atom stereocenters. The predicted octanol–water partition coefficient (Wildman–Crippen LogP) is 5.42. The molecule has 0 aliphatic heterocycles. The summed E-state index contributed by atoms with van der Waals surface area (Å²) in [5.41, 5.74) is 5.58. The zero-order valence-electron chi connectivity index (χ0n) is 15.5. The summed E-state index contributed by atoms with van der Waals surface area (Å²) in [5.74, 6) is -0.315.